The number of aromatic nitrogens is 3. The number of hydrogen-bond acceptors (Lipinski definition) is 6. The fourth-order valence-corrected chi connectivity index (χ4v) is 5.45. The minimum absolute atomic E-state index is 0.00555. The van der Waals surface area contributed by atoms with Crippen LogP contribution in [0.4, 0.5) is 4.39 Å². The fourth-order valence-electron chi connectivity index (χ4n) is 4.50. The van der Waals surface area contributed by atoms with Crippen LogP contribution in [0, 0.1) is 12.7 Å². The number of likely N-dealkylation sites (tertiary alicyclic amines) is 1. The van der Waals surface area contributed by atoms with Crippen molar-refractivity contribution in [3.05, 3.63) is 62.9 Å². The third-order valence-electron chi connectivity index (χ3n) is 6.11. The lowest BCUT2D eigenvalue weighted by Crippen LogP contribution is -2.41. The van der Waals surface area contributed by atoms with Crippen LogP contribution in [0.3, 0.4) is 0 Å². The number of hydrogen-bond donors (Lipinski definition) is 0. The highest BCUT2D eigenvalue weighted by Crippen LogP contribution is 2.33. The fraction of sp³-hybridized carbons (Fsp3) is 0.409. The SMILES string of the molecule is Cc1cc(=O)n2c(CC(C)N3CCC(c4noc5cc(F)ccc45)CC3)csc2n1. The van der Waals surface area contributed by atoms with E-state index < -0.39 is 0 Å². The molecule has 0 amide bonds. The zero-order valence-electron chi connectivity index (χ0n) is 17.0. The quantitative estimate of drug-likeness (QED) is 0.490. The van der Waals surface area contributed by atoms with Gasteiger partial charge in [-0.15, -0.1) is 11.3 Å². The zero-order chi connectivity index (χ0) is 20.8. The molecule has 0 saturated carbocycles. The molecule has 0 spiro atoms. The van der Waals surface area contributed by atoms with Crippen LogP contribution in [-0.4, -0.2) is 38.6 Å². The molecule has 156 valence electrons. The van der Waals surface area contributed by atoms with Crippen LogP contribution in [0.25, 0.3) is 15.9 Å². The molecule has 4 aromatic rings. The molecule has 0 radical (unpaired) electrons. The summed E-state index contributed by atoms with van der Waals surface area (Å²) in [6, 6.07) is 6.53. The molecular weight excluding hydrogens is 403 g/mol. The first-order chi connectivity index (χ1) is 14.5. The van der Waals surface area contributed by atoms with Crippen molar-refractivity contribution in [2.75, 3.05) is 13.1 Å². The third-order valence-corrected chi connectivity index (χ3v) is 6.98. The van der Waals surface area contributed by atoms with E-state index in [0.717, 1.165) is 59.8 Å². The minimum atomic E-state index is -0.306. The van der Waals surface area contributed by atoms with E-state index in [1.54, 1.807) is 16.5 Å². The van der Waals surface area contributed by atoms with E-state index in [4.69, 9.17) is 4.52 Å². The van der Waals surface area contributed by atoms with Crippen molar-refractivity contribution in [1.29, 1.82) is 0 Å². The summed E-state index contributed by atoms with van der Waals surface area (Å²) in [4.78, 5) is 20.1. The maximum absolute atomic E-state index is 13.4. The molecule has 1 atom stereocenters. The number of fused-ring (bicyclic) bond motifs is 2. The van der Waals surface area contributed by atoms with Gasteiger partial charge in [-0.2, -0.15) is 0 Å². The second kappa shape index (κ2) is 7.59. The Labute approximate surface area is 176 Å². The number of halogens is 1. The highest BCUT2D eigenvalue weighted by molar-refractivity contribution is 7.15. The van der Waals surface area contributed by atoms with Gasteiger partial charge in [-0.05, 0) is 51.9 Å². The second-order valence-corrected chi connectivity index (χ2v) is 8.99. The standard InChI is InChI=1S/C22H23FN4O2S/c1-13-9-20(28)27-17(12-30-22(27)24-13)10-14(2)26-7-5-15(6-8-26)21-18-4-3-16(23)11-19(18)29-25-21/h3-4,9,11-12,14-15H,5-8,10H2,1-2H3. The molecular formula is C22H23FN4O2S. The predicted octanol–water partition coefficient (Wildman–Crippen LogP) is 4.16. The van der Waals surface area contributed by atoms with E-state index in [0.29, 0.717) is 17.5 Å². The lowest BCUT2D eigenvalue weighted by Gasteiger charge is -2.35. The number of thiazole rings is 1. The maximum Gasteiger partial charge on any atom is 0.258 e. The zero-order valence-corrected chi connectivity index (χ0v) is 17.8. The van der Waals surface area contributed by atoms with Crippen molar-refractivity contribution in [2.45, 2.75) is 45.1 Å². The van der Waals surface area contributed by atoms with E-state index in [2.05, 4.69) is 22.0 Å². The molecule has 1 aromatic carbocycles. The van der Waals surface area contributed by atoms with E-state index in [1.807, 2.05) is 12.3 Å². The van der Waals surface area contributed by atoms with Crippen LogP contribution < -0.4 is 5.56 Å². The highest BCUT2D eigenvalue weighted by atomic mass is 32.1. The first-order valence-electron chi connectivity index (χ1n) is 10.3. The average Bonchev–Trinajstić information content (AvgIpc) is 3.32. The summed E-state index contributed by atoms with van der Waals surface area (Å²) < 4.78 is 20.5. The first-order valence-corrected chi connectivity index (χ1v) is 11.1. The molecule has 1 aliphatic heterocycles. The number of rotatable bonds is 4. The topological polar surface area (TPSA) is 63.6 Å². The molecule has 8 heteroatoms. The summed E-state index contributed by atoms with van der Waals surface area (Å²) >= 11 is 1.52. The molecule has 0 N–H and O–H groups in total. The van der Waals surface area contributed by atoms with Gasteiger partial charge in [0.1, 0.15) is 5.82 Å². The Morgan fingerprint density at radius 3 is 2.90 bits per heavy atom. The summed E-state index contributed by atoms with van der Waals surface area (Å²) in [7, 11) is 0. The molecule has 1 fully saturated rings. The molecule has 6 nitrogen and oxygen atoms in total. The number of aryl methyl sites for hydroxylation is 1. The highest BCUT2D eigenvalue weighted by Gasteiger charge is 2.27. The first kappa shape index (κ1) is 19.4. The van der Waals surface area contributed by atoms with Gasteiger partial charge in [-0.1, -0.05) is 5.16 Å². The van der Waals surface area contributed by atoms with E-state index >= 15 is 0 Å². The summed E-state index contributed by atoms with van der Waals surface area (Å²) in [5.41, 5.74) is 3.22. The van der Waals surface area contributed by atoms with Crippen molar-refractivity contribution in [2.24, 2.45) is 0 Å². The number of piperidine rings is 1. The Balaban J connectivity index is 1.28. The Bertz CT molecular complexity index is 1270. The summed E-state index contributed by atoms with van der Waals surface area (Å²) in [5.74, 6) is 0.0104. The van der Waals surface area contributed by atoms with Gasteiger partial charge in [0.05, 0.1) is 5.69 Å². The van der Waals surface area contributed by atoms with Gasteiger partial charge in [0.2, 0.25) is 0 Å². The number of benzene rings is 1. The average molecular weight is 427 g/mol. The normalized spacial score (nSPS) is 17.2. The van der Waals surface area contributed by atoms with Gasteiger partial charge in [0, 0.05) is 52.7 Å². The van der Waals surface area contributed by atoms with Crippen LogP contribution in [0.1, 0.15) is 42.8 Å². The maximum atomic E-state index is 13.4. The number of nitrogens with zero attached hydrogens (tertiary/aromatic N) is 4. The summed E-state index contributed by atoms with van der Waals surface area (Å²) in [6.07, 6.45) is 2.77. The molecule has 1 unspecified atom stereocenters. The van der Waals surface area contributed by atoms with Crippen LogP contribution in [0.15, 0.2) is 39.0 Å². The van der Waals surface area contributed by atoms with Crippen LogP contribution in [0.2, 0.25) is 0 Å². The monoisotopic (exact) mass is 426 g/mol. The lowest BCUT2D eigenvalue weighted by molar-refractivity contribution is 0.158. The summed E-state index contributed by atoms with van der Waals surface area (Å²) in [6.45, 7) is 5.97. The van der Waals surface area contributed by atoms with Gasteiger partial charge >= 0.3 is 0 Å². The van der Waals surface area contributed by atoms with Crippen LogP contribution in [-0.2, 0) is 6.42 Å². The van der Waals surface area contributed by atoms with Crippen molar-refractivity contribution in [1.82, 2.24) is 19.4 Å². The molecule has 1 saturated heterocycles. The van der Waals surface area contributed by atoms with Crippen molar-refractivity contribution in [3.8, 4) is 0 Å². The molecule has 30 heavy (non-hydrogen) atoms. The molecule has 3 aromatic heterocycles. The largest absolute Gasteiger partial charge is 0.356 e. The predicted molar refractivity (Wildman–Crippen MR) is 115 cm³/mol. The molecule has 0 aliphatic carbocycles. The van der Waals surface area contributed by atoms with Gasteiger partial charge in [-0.3, -0.25) is 9.20 Å². The van der Waals surface area contributed by atoms with Crippen molar-refractivity contribution >= 4 is 27.3 Å². The smallest absolute Gasteiger partial charge is 0.258 e. The van der Waals surface area contributed by atoms with Crippen LogP contribution >= 0.6 is 11.3 Å². The molecule has 4 heterocycles. The molecule has 1 aliphatic rings. The van der Waals surface area contributed by atoms with Crippen molar-refractivity contribution in [3.63, 3.8) is 0 Å². The van der Waals surface area contributed by atoms with Crippen molar-refractivity contribution < 1.29 is 8.91 Å². The van der Waals surface area contributed by atoms with E-state index in [-0.39, 0.29) is 11.4 Å². The molecule has 5 rings (SSSR count). The summed E-state index contributed by atoms with van der Waals surface area (Å²) in [5, 5.41) is 7.20. The van der Waals surface area contributed by atoms with Gasteiger partial charge in [0.15, 0.2) is 10.5 Å². The lowest BCUT2D eigenvalue weighted by atomic mass is 9.90. The van der Waals surface area contributed by atoms with Gasteiger partial charge < -0.3 is 9.42 Å². The minimum Gasteiger partial charge on any atom is -0.356 e. The Hall–Kier alpha value is -2.58. The Kier molecular flexibility index (Phi) is 4.91. The third kappa shape index (κ3) is 3.44. The van der Waals surface area contributed by atoms with E-state index in [9.17, 15) is 9.18 Å². The van der Waals surface area contributed by atoms with Gasteiger partial charge in [0.25, 0.3) is 5.56 Å². The molecule has 0 bridgehead atoms. The van der Waals surface area contributed by atoms with E-state index in [1.165, 1.54) is 23.5 Å². The Morgan fingerprint density at radius 1 is 1.30 bits per heavy atom. The second-order valence-electron chi connectivity index (χ2n) is 8.15. The van der Waals surface area contributed by atoms with Crippen LogP contribution in [0.5, 0.6) is 0 Å². The van der Waals surface area contributed by atoms with Gasteiger partial charge in [-0.25, -0.2) is 9.37 Å². The Morgan fingerprint density at radius 2 is 2.10 bits per heavy atom.